The monoisotopic (exact) mass is 383 g/mol. The Hall–Kier alpha value is -2.58. The van der Waals surface area contributed by atoms with E-state index in [1.165, 1.54) is 0 Å². The summed E-state index contributed by atoms with van der Waals surface area (Å²) in [5.41, 5.74) is 0.866. The van der Waals surface area contributed by atoms with Gasteiger partial charge in [-0.15, -0.1) is 11.3 Å². The van der Waals surface area contributed by atoms with Crippen molar-refractivity contribution < 1.29 is 9.32 Å². The third-order valence-corrected chi connectivity index (χ3v) is 5.48. The summed E-state index contributed by atoms with van der Waals surface area (Å²) in [6, 6.07) is 9.64. The molecule has 1 N–H and O–H groups in total. The lowest BCUT2D eigenvalue weighted by Gasteiger charge is -2.30. The van der Waals surface area contributed by atoms with Crippen molar-refractivity contribution in [3.05, 3.63) is 53.5 Å². The number of hydrogen-bond acceptors (Lipinski definition) is 7. The minimum Gasteiger partial charge on any atom is -0.350 e. The van der Waals surface area contributed by atoms with Gasteiger partial charge in [0.25, 0.3) is 0 Å². The van der Waals surface area contributed by atoms with Crippen LogP contribution in [-0.4, -0.2) is 39.0 Å². The quantitative estimate of drug-likeness (QED) is 0.705. The number of carbonyl (C=O) groups is 1. The van der Waals surface area contributed by atoms with Crippen LogP contribution in [-0.2, 0) is 17.9 Å². The van der Waals surface area contributed by atoms with E-state index < -0.39 is 0 Å². The molecule has 1 aliphatic heterocycles. The molecule has 4 rings (SSSR count). The first-order valence-electron chi connectivity index (χ1n) is 9.04. The molecule has 140 valence electrons. The molecule has 8 heteroatoms. The summed E-state index contributed by atoms with van der Waals surface area (Å²) >= 11 is 1.59. The topological polar surface area (TPSA) is 84.2 Å². The van der Waals surface area contributed by atoms with Crippen molar-refractivity contribution >= 4 is 17.2 Å². The molecule has 0 bridgehead atoms. The maximum Gasteiger partial charge on any atom is 0.241 e. The molecule has 0 radical (unpaired) electrons. The first-order valence-corrected chi connectivity index (χ1v) is 9.92. The molecular weight excluding hydrogens is 362 g/mol. The Bertz CT molecular complexity index is 865. The number of thiophene rings is 1. The second-order valence-electron chi connectivity index (χ2n) is 6.60. The molecule has 1 amide bonds. The van der Waals surface area contributed by atoms with Gasteiger partial charge in [0, 0.05) is 12.7 Å². The Morgan fingerprint density at radius 1 is 1.33 bits per heavy atom. The molecule has 1 aliphatic rings. The molecule has 0 spiro atoms. The predicted molar refractivity (Wildman–Crippen MR) is 102 cm³/mol. The van der Waals surface area contributed by atoms with Crippen LogP contribution in [0.1, 0.15) is 24.4 Å². The van der Waals surface area contributed by atoms with Gasteiger partial charge in [-0.1, -0.05) is 17.3 Å². The highest BCUT2D eigenvalue weighted by molar-refractivity contribution is 7.13. The average Bonchev–Trinajstić information content (AvgIpc) is 3.39. The molecule has 7 nitrogen and oxygen atoms in total. The summed E-state index contributed by atoms with van der Waals surface area (Å²) in [6.07, 6.45) is 3.61. The highest BCUT2D eigenvalue weighted by Gasteiger charge is 2.26. The van der Waals surface area contributed by atoms with Crippen LogP contribution in [0.4, 0.5) is 0 Å². The van der Waals surface area contributed by atoms with Crippen LogP contribution in [0.3, 0.4) is 0 Å². The fourth-order valence-corrected chi connectivity index (χ4v) is 3.90. The van der Waals surface area contributed by atoms with E-state index in [0.717, 1.165) is 30.0 Å². The second-order valence-corrected chi connectivity index (χ2v) is 7.55. The lowest BCUT2D eigenvalue weighted by atomic mass is 9.97. The average molecular weight is 383 g/mol. The molecule has 3 aromatic rings. The SMILES string of the molecule is O=C(NCc1ccccn1)C1CCCN(Cc2nc(-c3cccs3)no2)C1. The zero-order valence-electron chi connectivity index (χ0n) is 14.9. The summed E-state index contributed by atoms with van der Waals surface area (Å²) in [5, 5.41) is 9.04. The largest absolute Gasteiger partial charge is 0.350 e. The molecule has 1 fully saturated rings. The van der Waals surface area contributed by atoms with Crippen LogP contribution >= 0.6 is 11.3 Å². The van der Waals surface area contributed by atoms with Crippen molar-refractivity contribution in [2.24, 2.45) is 5.92 Å². The van der Waals surface area contributed by atoms with Crippen LogP contribution in [0.15, 0.2) is 46.4 Å². The van der Waals surface area contributed by atoms with E-state index >= 15 is 0 Å². The number of amides is 1. The van der Waals surface area contributed by atoms with Gasteiger partial charge in [-0.3, -0.25) is 14.7 Å². The zero-order chi connectivity index (χ0) is 18.5. The van der Waals surface area contributed by atoms with E-state index in [-0.39, 0.29) is 11.8 Å². The van der Waals surface area contributed by atoms with E-state index in [1.54, 1.807) is 17.5 Å². The van der Waals surface area contributed by atoms with E-state index in [9.17, 15) is 4.79 Å². The number of piperidine rings is 1. The number of nitrogens with one attached hydrogen (secondary N) is 1. The number of pyridine rings is 1. The fraction of sp³-hybridized carbons (Fsp3) is 0.368. The van der Waals surface area contributed by atoms with E-state index in [1.807, 2.05) is 35.7 Å². The molecule has 1 saturated heterocycles. The van der Waals surface area contributed by atoms with Gasteiger partial charge < -0.3 is 9.84 Å². The first kappa shape index (κ1) is 17.8. The maximum absolute atomic E-state index is 12.5. The third-order valence-electron chi connectivity index (χ3n) is 4.61. The Morgan fingerprint density at radius 3 is 3.11 bits per heavy atom. The number of rotatable bonds is 6. The molecule has 27 heavy (non-hydrogen) atoms. The van der Waals surface area contributed by atoms with Crippen LogP contribution in [0.2, 0.25) is 0 Å². The number of likely N-dealkylation sites (tertiary alicyclic amines) is 1. The van der Waals surface area contributed by atoms with Gasteiger partial charge in [-0.25, -0.2) is 0 Å². The smallest absolute Gasteiger partial charge is 0.241 e. The van der Waals surface area contributed by atoms with Crippen LogP contribution < -0.4 is 5.32 Å². The number of hydrogen-bond donors (Lipinski definition) is 1. The Balaban J connectivity index is 1.31. The molecule has 4 heterocycles. The first-order chi connectivity index (χ1) is 13.3. The van der Waals surface area contributed by atoms with Gasteiger partial charge in [0.1, 0.15) is 0 Å². The van der Waals surface area contributed by atoms with E-state index in [4.69, 9.17) is 4.52 Å². The molecule has 0 saturated carbocycles. The summed E-state index contributed by atoms with van der Waals surface area (Å²) < 4.78 is 5.39. The summed E-state index contributed by atoms with van der Waals surface area (Å²) in [5.74, 6) is 1.27. The van der Waals surface area contributed by atoms with Crippen molar-refractivity contribution in [1.29, 1.82) is 0 Å². The molecule has 1 atom stereocenters. The lowest BCUT2D eigenvalue weighted by Crippen LogP contribution is -2.42. The standard InChI is InChI=1S/C19H21N5O2S/c25-19(21-11-15-6-1-2-8-20-15)14-5-3-9-24(12-14)13-17-22-18(23-26-17)16-7-4-10-27-16/h1-2,4,6-8,10,14H,3,5,9,11-13H2,(H,21,25). The zero-order valence-corrected chi connectivity index (χ0v) is 15.7. The van der Waals surface area contributed by atoms with Gasteiger partial charge in [0.2, 0.25) is 17.6 Å². The molecule has 0 aromatic carbocycles. The maximum atomic E-state index is 12.5. The fourth-order valence-electron chi connectivity index (χ4n) is 3.25. The number of carbonyl (C=O) groups excluding carboxylic acids is 1. The van der Waals surface area contributed by atoms with Crippen molar-refractivity contribution in [3.8, 4) is 10.7 Å². The number of nitrogens with zero attached hydrogens (tertiary/aromatic N) is 4. The highest BCUT2D eigenvalue weighted by Crippen LogP contribution is 2.23. The van der Waals surface area contributed by atoms with Gasteiger partial charge in [0.05, 0.1) is 29.6 Å². The van der Waals surface area contributed by atoms with Crippen LogP contribution in [0, 0.1) is 5.92 Å². The summed E-state index contributed by atoms with van der Waals surface area (Å²) in [4.78, 5) is 24.4. The van der Waals surface area contributed by atoms with Crippen LogP contribution in [0.5, 0.6) is 0 Å². The minimum atomic E-state index is -0.0258. The van der Waals surface area contributed by atoms with Crippen LogP contribution in [0.25, 0.3) is 10.7 Å². The Kier molecular flexibility index (Phi) is 5.55. The lowest BCUT2D eigenvalue weighted by molar-refractivity contribution is -0.127. The molecule has 0 aliphatic carbocycles. The van der Waals surface area contributed by atoms with Gasteiger partial charge >= 0.3 is 0 Å². The Morgan fingerprint density at radius 2 is 2.30 bits per heavy atom. The number of aromatic nitrogens is 3. The minimum absolute atomic E-state index is 0.0258. The molecule has 3 aromatic heterocycles. The molecule has 1 unspecified atom stereocenters. The second kappa shape index (κ2) is 8.41. The highest BCUT2D eigenvalue weighted by atomic mass is 32.1. The summed E-state index contributed by atoms with van der Waals surface area (Å²) in [7, 11) is 0. The van der Waals surface area contributed by atoms with Gasteiger partial charge in [-0.2, -0.15) is 4.98 Å². The van der Waals surface area contributed by atoms with Crippen molar-refractivity contribution in [3.63, 3.8) is 0 Å². The van der Waals surface area contributed by atoms with Crippen molar-refractivity contribution in [2.75, 3.05) is 13.1 Å². The van der Waals surface area contributed by atoms with Crippen molar-refractivity contribution in [1.82, 2.24) is 25.3 Å². The van der Waals surface area contributed by atoms with E-state index in [0.29, 0.717) is 31.3 Å². The Labute approximate surface area is 161 Å². The van der Waals surface area contributed by atoms with Gasteiger partial charge in [-0.05, 0) is 43.0 Å². The summed E-state index contributed by atoms with van der Waals surface area (Å²) in [6.45, 7) is 2.66. The van der Waals surface area contributed by atoms with Gasteiger partial charge in [0.15, 0.2) is 0 Å². The third kappa shape index (κ3) is 4.58. The van der Waals surface area contributed by atoms with E-state index in [2.05, 4.69) is 25.3 Å². The predicted octanol–water partition coefficient (Wildman–Crippen LogP) is 2.72. The van der Waals surface area contributed by atoms with Crippen molar-refractivity contribution in [2.45, 2.75) is 25.9 Å². The normalized spacial score (nSPS) is 17.7. The molecular formula is C19H21N5O2S.